The summed E-state index contributed by atoms with van der Waals surface area (Å²) in [5.41, 5.74) is -0.291. The van der Waals surface area contributed by atoms with E-state index in [0.717, 1.165) is 11.3 Å². The van der Waals surface area contributed by atoms with Gasteiger partial charge in [0.15, 0.2) is 5.78 Å². The second-order valence-corrected chi connectivity index (χ2v) is 10.6. The number of piperidine rings is 1. The maximum Gasteiger partial charge on any atom is 0.325 e. The van der Waals surface area contributed by atoms with Crippen molar-refractivity contribution in [3.63, 3.8) is 0 Å². The van der Waals surface area contributed by atoms with Crippen molar-refractivity contribution < 1.29 is 38.1 Å². The van der Waals surface area contributed by atoms with Gasteiger partial charge in [0.25, 0.3) is 5.91 Å². The lowest BCUT2D eigenvalue weighted by atomic mass is 9.82. The van der Waals surface area contributed by atoms with Crippen LogP contribution in [0, 0.1) is 5.82 Å². The molecule has 1 aromatic heterocycles. The van der Waals surface area contributed by atoms with Gasteiger partial charge < -0.3 is 24.8 Å². The van der Waals surface area contributed by atoms with Crippen molar-refractivity contribution in [2.75, 3.05) is 25.5 Å². The van der Waals surface area contributed by atoms with Gasteiger partial charge in [-0.2, -0.15) is 0 Å². The summed E-state index contributed by atoms with van der Waals surface area (Å²) < 4.78 is 25.9. The Morgan fingerprint density at radius 1 is 1.21 bits per heavy atom. The zero-order valence-corrected chi connectivity index (χ0v) is 22.0. The molecule has 0 bridgehead atoms. The number of hydrogen-bond donors (Lipinski definition) is 3. The van der Waals surface area contributed by atoms with Crippen LogP contribution in [-0.4, -0.2) is 65.5 Å². The van der Waals surface area contributed by atoms with Gasteiger partial charge >= 0.3 is 12.0 Å². The third-order valence-corrected chi connectivity index (χ3v) is 8.21. The number of aliphatic carboxylic acids is 1. The minimum absolute atomic E-state index is 0.0960. The van der Waals surface area contributed by atoms with Crippen LogP contribution in [0.3, 0.4) is 0 Å². The van der Waals surface area contributed by atoms with Crippen LogP contribution in [0.4, 0.5) is 14.2 Å². The topological polar surface area (TPSA) is 134 Å². The molecule has 3 N–H and O–H groups in total. The number of nitrogens with one attached hydrogen (secondary N) is 2. The summed E-state index contributed by atoms with van der Waals surface area (Å²) in [5.74, 6) is -1.35. The lowest BCUT2D eigenvalue weighted by Gasteiger charge is -2.44. The average Bonchev–Trinajstić information content (AvgIpc) is 3.26. The van der Waals surface area contributed by atoms with Gasteiger partial charge in [-0.1, -0.05) is 12.1 Å². The number of carbonyl (C=O) groups excluding carboxylic acids is 3. The average molecular weight is 556 g/mol. The number of ether oxygens (including phenoxy) is 2. The Balaban J connectivity index is 1.39. The molecule has 39 heavy (non-hydrogen) atoms. The van der Waals surface area contributed by atoms with Crippen molar-refractivity contribution in [3.8, 4) is 11.5 Å². The molecule has 1 atom stereocenters. The second-order valence-electron chi connectivity index (χ2n) is 9.62. The van der Waals surface area contributed by atoms with Crippen molar-refractivity contribution in [2.45, 2.75) is 37.8 Å². The Morgan fingerprint density at radius 2 is 1.95 bits per heavy atom. The van der Waals surface area contributed by atoms with Crippen LogP contribution >= 0.6 is 11.3 Å². The van der Waals surface area contributed by atoms with E-state index in [9.17, 15) is 23.6 Å². The Kier molecular flexibility index (Phi) is 6.89. The Hall–Kier alpha value is -4.19. The first-order valence-corrected chi connectivity index (χ1v) is 13.1. The van der Waals surface area contributed by atoms with E-state index in [0.29, 0.717) is 47.5 Å². The summed E-state index contributed by atoms with van der Waals surface area (Å²) in [6, 6.07) is 7.25. The smallest absolute Gasteiger partial charge is 0.325 e. The highest BCUT2D eigenvalue weighted by atomic mass is 32.1. The monoisotopic (exact) mass is 555 g/mol. The number of likely N-dealkylation sites (tertiary alicyclic amines) is 1. The third kappa shape index (κ3) is 4.99. The van der Waals surface area contributed by atoms with Crippen LogP contribution in [0.1, 0.15) is 46.9 Å². The quantitative estimate of drug-likeness (QED) is 0.428. The summed E-state index contributed by atoms with van der Waals surface area (Å²) >= 11 is 1.15. The molecule has 0 radical (unpaired) electrons. The predicted octanol–water partition coefficient (Wildman–Crippen LogP) is 4.28. The van der Waals surface area contributed by atoms with Crippen molar-refractivity contribution in [2.24, 2.45) is 0 Å². The summed E-state index contributed by atoms with van der Waals surface area (Å²) in [6.07, 6.45) is 0.886. The van der Waals surface area contributed by atoms with Gasteiger partial charge in [-0.3, -0.25) is 19.7 Å². The molecule has 0 saturated carbocycles. The fourth-order valence-corrected chi connectivity index (χ4v) is 6.15. The number of carboxylic acids is 1. The summed E-state index contributed by atoms with van der Waals surface area (Å²) in [5, 5.41) is 14.9. The van der Waals surface area contributed by atoms with Gasteiger partial charge in [-0.15, -0.1) is 11.3 Å². The van der Waals surface area contributed by atoms with Crippen LogP contribution in [-0.2, 0) is 4.79 Å². The molecule has 3 heterocycles. The molecule has 2 aromatic carbocycles. The highest BCUT2D eigenvalue weighted by molar-refractivity contribution is 7.23. The number of amides is 3. The summed E-state index contributed by atoms with van der Waals surface area (Å²) in [4.78, 5) is 52.0. The van der Waals surface area contributed by atoms with E-state index in [1.54, 1.807) is 23.1 Å². The van der Waals surface area contributed by atoms with Crippen LogP contribution in [0.2, 0.25) is 0 Å². The zero-order valence-electron chi connectivity index (χ0n) is 21.2. The Labute approximate surface area is 226 Å². The molecule has 5 rings (SSSR count). The van der Waals surface area contributed by atoms with Gasteiger partial charge in [0.2, 0.25) is 0 Å². The van der Waals surface area contributed by atoms with E-state index in [2.05, 4.69) is 10.6 Å². The standard InChI is InChI=1S/C27H26FN3O7S/c1-14(25(34)35)29-26(36)30-23-21(16-4-3-5-20(37-2)22(16)39-23)24(33)31-10-8-27(9-11-31)13-18(32)17-12-15(28)6-7-19(17)38-27/h3-7,12,14H,8-11,13H2,1-2H3,(H,34,35)(H2,29,30,36)/t14-/m1/s1. The number of urea groups is 1. The van der Waals surface area contributed by atoms with E-state index in [1.165, 1.54) is 32.2 Å². The maximum atomic E-state index is 13.9. The number of halogens is 1. The number of nitrogens with zero attached hydrogens (tertiary/aromatic N) is 1. The van der Waals surface area contributed by atoms with Crippen molar-refractivity contribution in [1.82, 2.24) is 10.2 Å². The fraction of sp³-hybridized carbons (Fsp3) is 0.333. The minimum atomic E-state index is -1.20. The summed E-state index contributed by atoms with van der Waals surface area (Å²) in [6.45, 7) is 1.93. The first-order chi connectivity index (χ1) is 18.6. The van der Waals surface area contributed by atoms with E-state index < -0.39 is 29.5 Å². The summed E-state index contributed by atoms with van der Waals surface area (Å²) in [7, 11) is 1.51. The van der Waals surface area contributed by atoms with Gasteiger partial charge in [0, 0.05) is 31.3 Å². The number of hydrogen-bond acceptors (Lipinski definition) is 7. The van der Waals surface area contributed by atoms with Gasteiger partial charge in [0.05, 0.1) is 29.4 Å². The lowest BCUT2D eigenvalue weighted by molar-refractivity contribution is -0.138. The number of carbonyl (C=O) groups is 4. The molecule has 0 aliphatic carbocycles. The molecule has 3 aromatic rings. The zero-order chi connectivity index (χ0) is 27.9. The van der Waals surface area contributed by atoms with E-state index in [4.69, 9.17) is 14.6 Å². The van der Waals surface area contributed by atoms with Gasteiger partial charge in [-0.25, -0.2) is 9.18 Å². The Bertz CT molecular complexity index is 1500. The highest BCUT2D eigenvalue weighted by Crippen LogP contribution is 2.43. The molecular formula is C27H26FN3O7S. The van der Waals surface area contributed by atoms with Crippen molar-refractivity contribution >= 4 is 50.1 Å². The lowest BCUT2D eigenvalue weighted by Crippen LogP contribution is -2.52. The minimum Gasteiger partial charge on any atom is -0.495 e. The van der Waals surface area contributed by atoms with Crippen LogP contribution in [0.15, 0.2) is 36.4 Å². The Morgan fingerprint density at radius 3 is 2.64 bits per heavy atom. The molecule has 1 spiro atoms. The number of benzene rings is 2. The maximum absolute atomic E-state index is 13.9. The number of anilines is 1. The normalized spacial score (nSPS) is 16.8. The number of rotatable bonds is 5. The fourth-order valence-electron chi connectivity index (χ4n) is 4.97. The van der Waals surface area contributed by atoms with E-state index in [-0.39, 0.29) is 34.2 Å². The van der Waals surface area contributed by atoms with Crippen molar-refractivity contribution in [3.05, 3.63) is 53.3 Å². The molecule has 0 unspecified atom stereocenters. The largest absolute Gasteiger partial charge is 0.495 e. The van der Waals surface area contributed by atoms with E-state index in [1.807, 2.05) is 0 Å². The molecule has 1 saturated heterocycles. The van der Waals surface area contributed by atoms with Gasteiger partial charge in [0.1, 0.15) is 34.0 Å². The number of ketones is 1. The second kappa shape index (κ2) is 10.2. The third-order valence-electron chi connectivity index (χ3n) is 7.07. The molecule has 12 heteroatoms. The molecule has 1 fully saturated rings. The predicted molar refractivity (Wildman–Crippen MR) is 141 cm³/mol. The first-order valence-electron chi connectivity index (χ1n) is 12.3. The number of methoxy groups -OCH3 is 1. The molecule has 2 aliphatic heterocycles. The molecule has 204 valence electrons. The number of fused-ring (bicyclic) bond motifs is 2. The number of Topliss-reactive ketones (excluding diaryl/α,β-unsaturated/α-hetero) is 1. The van der Waals surface area contributed by atoms with Crippen LogP contribution < -0.4 is 20.1 Å². The molecular weight excluding hydrogens is 529 g/mol. The van der Waals surface area contributed by atoms with Crippen molar-refractivity contribution in [1.29, 1.82) is 0 Å². The molecule has 10 nitrogen and oxygen atoms in total. The number of thiophene rings is 1. The molecule has 3 amide bonds. The van der Waals surface area contributed by atoms with Gasteiger partial charge in [-0.05, 0) is 31.2 Å². The first kappa shape index (κ1) is 26.4. The van der Waals surface area contributed by atoms with E-state index >= 15 is 0 Å². The highest BCUT2D eigenvalue weighted by Gasteiger charge is 2.44. The SMILES string of the molecule is COc1cccc2c(C(=O)N3CCC4(CC3)CC(=O)c3cc(F)ccc3O4)c(NC(=O)N[C@H](C)C(=O)O)sc12. The molecule has 2 aliphatic rings. The van der Waals surface area contributed by atoms with Crippen LogP contribution in [0.25, 0.3) is 10.1 Å². The van der Waals surface area contributed by atoms with Crippen LogP contribution in [0.5, 0.6) is 11.5 Å². The number of carboxylic acid groups (broad SMARTS) is 1.